The van der Waals surface area contributed by atoms with E-state index in [0.29, 0.717) is 23.0 Å². The fraction of sp³-hybridized carbons (Fsp3) is 0.318. The number of hydrogen-bond donors (Lipinski definition) is 1. The van der Waals surface area contributed by atoms with Crippen LogP contribution in [0.1, 0.15) is 37.0 Å². The number of carbonyl (C=O) groups excluding carboxylic acids is 1. The van der Waals surface area contributed by atoms with Gasteiger partial charge in [-0.15, -0.1) is 0 Å². The largest absolute Gasteiger partial charge is 0.493 e. The maximum Gasteiger partial charge on any atom is 0.327 e. The molecule has 0 aliphatic carbocycles. The Labute approximate surface area is 189 Å². The van der Waals surface area contributed by atoms with Gasteiger partial charge in [0.15, 0.2) is 5.75 Å². The van der Waals surface area contributed by atoms with Crippen LogP contribution in [-0.4, -0.2) is 42.3 Å². The van der Waals surface area contributed by atoms with Gasteiger partial charge in [0.1, 0.15) is 5.56 Å². The monoisotopic (exact) mass is 456 g/mol. The molecule has 0 atom stereocenters. The lowest BCUT2D eigenvalue weighted by molar-refractivity contribution is -0.386. The van der Waals surface area contributed by atoms with Gasteiger partial charge >= 0.3 is 5.69 Å². The Bertz CT molecular complexity index is 1180. The molecule has 0 bridgehead atoms. The summed E-state index contributed by atoms with van der Waals surface area (Å²) in [6, 6.07) is 7.90. The number of nitrogens with zero attached hydrogens (tertiary/aromatic N) is 3. The second-order valence-corrected chi connectivity index (χ2v) is 8.00. The minimum absolute atomic E-state index is 0.0161. The maximum atomic E-state index is 12.9. The Kier molecular flexibility index (Phi) is 6.52. The molecular formula is C22H24N4O7. The van der Waals surface area contributed by atoms with Crippen LogP contribution in [0.3, 0.4) is 0 Å². The normalized spacial score (nSPS) is 11.1. The second kappa shape index (κ2) is 9.15. The van der Waals surface area contributed by atoms with Crippen LogP contribution in [0.5, 0.6) is 17.2 Å². The molecule has 0 radical (unpaired) electrons. The SMILES string of the molecule is COc1cc(C(=O)Nc2ccc(-c3noc(C(C)(C)C)n3)cc2)c([N+](=O)[O-])c(OC)c1OC. The lowest BCUT2D eigenvalue weighted by Crippen LogP contribution is -2.15. The Morgan fingerprint density at radius 3 is 2.18 bits per heavy atom. The zero-order valence-corrected chi connectivity index (χ0v) is 19.1. The van der Waals surface area contributed by atoms with Gasteiger partial charge < -0.3 is 24.1 Å². The van der Waals surface area contributed by atoms with Crippen molar-refractivity contribution >= 4 is 17.3 Å². The van der Waals surface area contributed by atoms with Crippen molar-refractivity contribution in [2.75, 3.05) is 26.6 Å². The first-order chi connectivity index (χ1) is 15.6. The predicted molar refractivity (Wildman–Crippen MR) is 119 cm³/mol. The number of nitro benzene ring substituents is 1. The molecule has 33 heavy (non-hydrogen) atoms. The van der Waals surface area contributed by atoms with Crippen molar-refractivity contribution in [1.29, 1.82) is 0 Å². The van der Waals surface area contributed by atoms with Crippen LogP contribution >= 0.6 is 0 Å². The summed E-state index contributed by atoms with van der Waals surface area (Å²) in [6.07, 6.45) is 0. The molecule has 1 amide bonds. The van der Waals surface area contributed by atoms with E-state index >= 15 is 0 Å². The fourth-order valence-electron chi connectivity index (χ4n) is 3.04. The molecule has 0 fully saturated rings. The third kappa shape index (κ3) is 4.71. The van der Waals surface area contributed by atoms with E-state index in [2.05, 4.69) is 15.5 Å². The van der Waals surface area contributed by atoms with Gasteiger partial charge in [0.25, 0.3) is 5.91 Å². The van der Waals surface area contributed by atoms with Crippen molar-refractivity contribution in [3.05, 3.63) is 51.9 Å². The smallest absolute Gasteiger partial charge is 0.327 e. The number of hydrogen-bond acceptors (Lipinski definition) is 9. The first-order valence-corrected chi connectivity index (χ1v) is 9.84. The zero-order chi connectivity index (χ0) is 24.3. The topological polar surface area (TPSA) is 139 Å². The molecule has 174 valence electrons. The summed E-state index contributed by atoms with van der Waals surface area (Å²) >= 11 is 0. The summed E-state index contributed by atoms with van der Waals surface area (Å²) in [5, 5.41) is 18.4. The van der Waals surface area contributed by atoms with Crippen LogP contribution < -0.4 is 19.5 Å². The van der Waals surface area contributed by atoms with E-state index in [9.17, 15) is 14.9 Å². The van der Waals surface area contributed by atoms with Gasteiger partial charge in [-0.3, -0.25) is 14.9 Å². The van der Waals surface area contributed by atoms with E-state index in [1.54, 1.807) is 24.3 Å². The summed E-state index contributed by atoms with van der Waals surface area (Å²) in [4.78, 5) is 28.4. The van der Waals surface area contributed by atoms with Crippen molar-refractivity contribution in [1.82, 2.24) is 10.1 Å². The first-order valence-electron chi connectivity index (χ1n) is 9.84. The Balaban J connectivity index is 1.91. The van der Waals surface area contributed by atoms with Gasteiger partial charge in [-0.25, -0.2) is 0 Å². The highest BCUT2D eigenvalue weighted by Gasteiger charge is 2.32. The number of carbonyl (C=O) groups is 1. The molecule has 11 heteroatoms. The Hall–Kier alpha value is -4.15. The molecule has 0 unspecified atom stereocenters. The van der Waals surface area contributed by atoms with E-state index < -0.39 is 16.5 Å². The summed E-state index contributed by atoms with van der Waals surface area (Å²) < 4.78 is 20.8. The minimum atomic E-state index is -0.719. The number of rotatable bonds is 7. The van der Waals surface area contributed by atoms with Gasteiger partial charge in [0.2, 0.25) is 23.2 Å². The number of benzene rings is 2. The number of methoxy groups -OCH3 is 3. The molecule has 0 aliphatic heterocycles. The number of ether oxygens (including phenoxy) is 3. The van der Waals surface area contributed by atoms with E-state index in [4.69, 9.17) is 18.7 Å². The third-order valence-corrected chi connectivity index (χ3v) is 4.70. The van der Waals surface area contributed by atoms with Crippen LogP contribution in [0, 0.1) is 10.1 Å². The summed E-state index contributed by atoms with van der Waals surface area (Å²) in [6.45, 7) is 5.89. The molecule has 0 saturated heterocycles. The molecule has 1 N–H and O–H groups in total. The van der Waals surface area contributed by atoms with E-state index in [0.717, 1.165) is 0 Å². The average molecular weight is 456 g/mol. The van der Waals surface area contributed by atoms with E-state index in [1.165, 1.54) is 27.4 Å². The van der Waals surface area contributed by atoms with Crippen LogP contribution in [0.15, 0.2) is 34.9 Å². The lowest BCUT2D eigenvalue weighted by Gasteiger charge is -2.15. The van der Waals surface area contributed by atoms with Crippen LogP contribution in [-0.2, 0) is 5.41 Å². The second-order valence-electron chi connectivity index (χ2n) is 8.00. The van der Waals surface area contributed by atoms with E-state index in [-0.39, 0.29) is 28.2 Å². The molecular weight excluding hydrogens is 432 g/mol. The summed E-state index contributed by atoms with van der Waals surface area (Å²) in [5.41, 5.74) is 0.0312. The standard InChI is InChI=1S/C22H24N4O7/c1-22(2,3)21-24-19(25-33-21)12-7-9-13(10-8-12)23-20(27)14-11-15(30-4)17(31-5)18(32-6)16(14)26(28)29/h7-11H,1-6H3,(H,23,27). The molecule has 2 aromatic carbocycles. The van der Waals surface area contributed by atoms with Crippen molar-refractivity contribution in [2.24, 2.45) is 0 Å². The van der Waals surface area contributed by atoms with Crippen molar-refractivity contribution in [3.8, 4) is 28.6 Å². The predicted octanol–water partition coefficient (Wildman–Crippen LogP) is 4.22. The van der Waals surface area contributed by atoms with Gasteiger partial charge in [-0.2, -0.15) is 4.98 Å². The van der Waals surface area contributed by atoms with Crippen LogP contribution in [0.2, 0.25) is 0 Å². The Morgan fingerprint density at radius 1 is 1.06 bits per heavy atom. The third-order valence-electron chi connectivity index (χ3n) is 4.70. The maximum absolute atomic E-state index is 12.9. The highest BCUT2D eigenvalue weighted by molar-refractivity contribution is 6.08. The highest BCUT2D eigenvalue weighted by Crippen LogP contribution is 2.46. The molecule has 0 spiro atoms. The fourth-order valence-corrected chi connectivity index (χ4v) is 3.04. The summed E-state index contributed by atoms with van der Waals surface area (Å²) in [5.74, 6) is 0.120. The molecule has 3 rings (SSSR count). The number of aromatic nitrogens is 2. The molecule has 11 nitrogen and oxygen atoms in total. The van der Waals surface area contributed by atoms with Gasteiger partial charge in [-0.05, 0) is 24.3 Å². The average Bonchev–Trinajstić information content (AvgIpc) is 3.28. The minimum Gasteiger partial charge on any atom is -0.493 e. The van der Waals surface area contributed by atoms with Crippen LogP contribution in [0.25, 0.3) is 11.4 Å². The van der Waals surface area contributed by atoms with Crippen molar-refractivity contribution < 1.29 is 28.5 Å². The van der Waals surface area contributed by atoms with Gasteiger partial charge in [0, 0.05) is 22.7 Å². The van der Waals surface area contributed by atoms with E-state index in [1.807, 2.05) is 20.8 Å². The van der Waals surface area contributed by atoms with Crippen molar-refractivity contribution in [2.45, 2.75) is 26.2 Å². The number of nitro groups is 1. The molecule has 1 heterocycles. The molecule has 1 aromatic heterocycles. The lowest BCUT2D eigenvalue weighted by atomic mass is 9.97. The van der Waals surface area contributed by atoms with Crippen molar-refractivity contribution in [3.63, 3.8) is 0 Å². The molecule has 0 aliphatic rings. The highest BCUT2D eigenvalue weighted by atomic mass is 16.6. The number of nitrogens with one attached hydrogen (secondary N) is 1. The first kappa shape index (κ1) is 23.5. The zero-order valence-electron chi connectivity index (χ0n) is 19.1. The van der Waals surface area contributed by atoms with Crippen LogP contribution in [0.4, 0.5) is 11.4 Å². The molecule has 3 aromatic rings. The molecule has 0 saturated carbocycles. The Morgan fingerprint density at radius 2 is 1.70 bits per heavy atom. The van der Waals surface area contributed by atoms with Gasteiger partial charge in [-0.1, -0.05) is 25.9 Å². The quantitative estimate of drug-likeness (QED) is 0.409. The number of anilines is 1. The number of amides is 1. The van der Waals surface area contributed by atoms with Gasteiger partial charge in [0.05, 0.1) is 26.3 Å². The summed E-state index contributed by atoms with van der Waals surface area (Å²) in [7, 11) is 3.92.